The maximum atomic E-state index is 5.77. The molecule has 0 radical (unpaired) electrons. The first kappa shape index (κ1) is 12.7. The summed E-state index contributed by atoms with van der Waals surface area (Å²) >= 11 is 0. The Balaban J connectivity index is 1.85. The molecule has 3 nitrogen and oxygen atoms in total. The molecule has 0 bridgehead atoms. The van der Waals surface area contributed by atoms with Crippen LogP contribution in [0.25, 0.3) is 0 Å². The Kier molecular flexibility index (Phi) is 4.03. The van der Waals surface area contributed by atoms with Gasteiger partial charge in [0.25, 0.3) is 0 Å². The molecule has 1 aromatic heterocycles. The molecule has 3 heteroatoms. The molecule has 18 heavy (non-hydrogen) atoms. The summed E-state index contributed by atoms with van der Waals surface area (Å²) in [5, 5.41) is 4.18. The lowest BCUT2D eigenvalue weighted by Crippen LogP contribution is -2.05. The number of aryl methyl sites for hydroxylation is 2. The van der Waals surface area contributed by atoms with Gasteiger partial charge in [0.2, 0.25) is 0 Å². The number of nitrogen functional groups attached to an aromatic ring is 1. The van der Waals surface area contributed by atoms with Crippen LogP contribution in [0.4, 0.5) is 5.82 Å². The Bertz CT molecular complexity index is 483. The van der Waals surface area contributed by atoms with Gasteiger partial charge in [-0.2, -0.15) is 5.10 Å². The minimum atomic E-state index is 0.600. The van der Waals surface area contributed by atoms with E-state index in [2.05, 4.69) is 43.2 Å². The monoisotopic (exact) mass is 243 g/mol. The third-order valence-electron chi connectivity index (χ3n) is 3.23. The van der Waals surface area contributed by atoms with E-state index in [9.17, 15) is 0 Å². The molecule has 0 aliphatic heterocycles. The molecule has 0 aliphatic rings. The van der Waals surface area contributed by atoms with Crippen molar-refractivity contribution in [2.75, 3.05) is 5.73 Å². The fourth-order valence-corrected chi connectivity index (χ4v) is 2.03. The molecule has 2 aromatic rings. The first-order chi connectivity index (χ1) is 8.66. The fourth-order valence-electron chi connectivity index (χ4n) is 2.03. The normalized spacial score (nSPS) is 11.1. The summed E-state index contributed by atoms with van der Waals surface area (Å²) < 4.78 is 1.85. The van der Waals surface area contributed by atoms with Crippen LogP contribution in [0.5, 0.6) is 0 Å². The number of nitrogens with zero attached hydrogens (tertiary/aromatic N) is 2. The Hall–Kier alpha value is -1.77. The average Bonchev–Trinajstić information content (AvgIpc) is 2.76. The molecule has 0 saturated carbocycles. The summed E-state index contributed by atoms with van der Waals surface area (Å²) in [5.74, 6) is 1.34. The quantitative estimate of drug-likeness (QED) is 0.876. The molecular weight excluding hydrogens is 222 g/mol. The zero-order chi connectivity index (χ0) is 13.0. The molecular formula is C15H21N3. The molecule has 1 aromatic carbocycles. The van der Waals surface area contributed by atoms with Gasteiger partial charge in [0.05, 0.1) is 6.20 Å². The Morgan fingerprint density at radius 2 is 1.89 bits per heavy atom. The highest BCUT2D eigenvalue weighted by Gasteiger charge is 2.00. The van der Waals surface area contributed by atoms with E-state index in [1.807, 2.05) is 10.7 Å². The van der Waals surface area contributed by atoms with E-state index >= 15 is 0 Å². The molecule has 0 fully saturated rings. The smallest absolute Gasteiger partial charge is 0.121 e. The molecule has 0 spiro atoms. The van der Waals surface area contributed by atoms with Crippen LogP contribution >= 0.6 is 0 Å². The largest absolute Gasteiger partial charge is 0.384 e. The summed E-state index contributed by atoms with van der Waals surface area (Å²) in [4.78, 5) is 0. The molecule has 2 rings (SSSR count). The lowest BCUT2D eigenvalue weighted by atomic mass is 10.0. The van der Waals surface area contributed by atoms with E-state index < -0.39 is 0 Å². The van der Waals surface area contributed by atoms with E-state index in [1.54, 1.807) is 6.20 Å². The minimum Gasteiger partial charge on any atom is -0.384 e. The van der Waals surface area contributed by atoms with Crippen LogP contribution in [0, 0.1) is 0 Å². The predicted octanol–water partition coefficient (Wildman–Crippen LogP) is 3.22. The minimum absolute atomic E-state index is 0.600. The van der Waals surface area contributed by atoms with Crippen LogP contribution in [0.2, 0.25) is 0 Å². The van der Waals surface area contributed by atoms with Crippen molar-refractivity contribution >= 4 is 5.82 Å². The van der Waals surface area contributed by atoms with Crippen molar-refractivity contribution in [3.05, 3.63) is 47.7 Å². The maximum Gasteiger partial charge on any atom is 0.121 e. The van der Waals surface area contributed by atoms with Crippen molar-refractivity contribution in [2.45, 2.75) is 39.2 Å². The topological polar surface area (TPSA) is 43.8 Å². The number of benzene rings is 1. The van der Waals surface area contributed by atoms with E-state index in [-0.39, 0.29) is 0 Å². The van der Waals surface area contributed by atoms with Crippen LogP contribution < -0.4 is 5.73 Å². The van der Waals surface area contributed by atoms with Crippen molar-refractivity contribution in [1.29, 1.82) is 0 Å². The molecule has 2 N–H and O–H groups in total. The third-order valence-corrected chi connectivity index (χ3v) is 3.23. The number of aromatic nitrogens is 2. The van der Waals surface area contributed by atoms with E-state index in [4.69, 9.17) is 5.73 Å². The number of nitrogens with two attached hydrogens (primary N) is 1. The average molecular weight is 243 g/mol. The standard InChI is InChI=1S/C15H21N3/c1-12(2)14-7-5-13(6-8-14)4-3-11-18-15(16)9-10-17-18/h5-10,12H,3-4,11,16H2,1-2H3. The van der Waals surface area contributed by atoms with Gasteiger partial charge in [-0.3, -0.25) is 4.68 Å². The summed E-state index contributed by atoms with van der Waals surface area (Å²) in [6, 6.07) is 10.7. The number of hydrogen-bond donors (Lipinski definition) is 1. The Labute approximate surface area is 109 Å². The van der Waals surface area contributed by atoms with Crippen molar-refractivity contribution in [2.24, 2.45) is 0 Å². The zero-order valence-corrected chi connectivity index (χ0v) is 11.1. The van der Waals surface area contributed by atoms with Crippen molar-refractivity contribution in [1.82, 2.24) is 9.78 Å². The molecule has 0 unspecified atom stereocenters. The lowest BCUT2D eigenvalue weighted by Gasteiger charge is -2.07. The maximum absolute atomic E-state index is 5.77. The van der Waals surface area contributed by atoms with Crippen molar-refractivity contribution < 1.29 is 0 Å². The highest BCUT2D eigenvalue weighted by Crippen LogP contribution is 2.15. The first-order valence-electron chi connectivity index (χ1n) is 6.53. The van der Waals surface area contributed by atoms with E-state index in [0.29, 0.717) is 5.92 Å². The summed E-state index contributed by atoms with van der Waals surface area (Å²) in [7, 11) is 0. The molecule has 96 valence electrons. The molecule has 1 heterocycles. The fraction of sp³-hybridized carbons (Fsp3) is 0.400. The second-order valence-corrected chi connectivity index (χ2v) is 4.98. The van der Waals surface area contributed by atoms with Gasteiger partial charge < -0.3 is 5.73 Å². The van der Waals surface area contributed by atoms with Gasteiger partial charge in [0, 0.05) is 6.54 Å². The SMILES string of the molecule is CC(C)c1ccc(CCCn2nccc2N)cc1. The zero-order valence-electron chi connectivity index (χ0n) is 11.1. The number of hydrogen-bond acceptors (Lipinski definition) is 2. The van der Waals surface area contributed by atoms with Gasteiger partial charge in [-0.15, -0.1) is 0 Å². The second-order valence-electron chi connectivity index (χ2n) is 4.98. The Morgan fingerprint density at radius 3 is 2.44 bits per heavy atom. The third kappa shape index (κ3) is 3.13. The molecule has 0 aliphatic carbocycles. The van der Waals surface area contributed by atoms with Crippen molar-refractivity contribution in [3.8, 4) is 0 Å². The molecule has 0 saturated heterocycles. The van der Waals surface area contributed by atoms with Gasteiger partial charge >= 0.3 is 0 Å². The molecule has 0 amide bonds. The highest BCUT2D eigenvalue weighted by atomic mass is 15.3. The van der Waals surface area contributed by atoms with Gasteiger partial charge in [0.15, 0.2) is 0 Å². The van der Waals surface area contributed by atoms with Crippen LogP contribution in [-0.2, 0) is 13.0 Å². The van der Waals surface area contributed by atoms with Crippen LogP contribution in [0.1, 0.15) is 37.3 Å². The van der Waals surface area contributed by atoms with Crippen LogP contribution in [0.15, 0.2) is 36.5 Å². The molecule has 0 atom stereocenters. The predicted molar refractivity (Wildman–Crippen MR) is 75.5 cm³/mol. The Morgan fingerprint density at radius 1 is 1.17 bits per heavy atom. The first-order valence-corrected chi connectivity index (χ1v) is 6.53. The number of rotatable bonds is 5. The van der Waals surface area contributed by atoms with E-state index in [1.165, 1.54) is 11.1 Å². The summed E-state index contributed by atoms with van der Waals surface area (Å²) in [6.45, 7) is 5.32. The summed E-state index contributed by atoms with van der Waals surface area (Å²) in [6.07, 6.45) is 3.87. The van der Waals surface area contributed by atoms with Gasteiger partial charge in [-0.25, -0.2) is 0 Å². The second kappa shape index (κ2) is 5.71. The van der Waals surface area contributed by atoms with Gasteiger partial charge in [-0.05, 0) is 36.0 Å². The number of anilines is 1. The van der Waals surface area contributed by atoms with Crippen LogP contribution in [0.3, 0.4) is 0 Å². The van der Waals surface area contributed by atoms with Crippen LogP contribution in [-0.4, -0.2) is 9.78 Å². The van der Waals surface area contributed by atoms with Gasteiger partial charge in [0.1, 0.15) is 5.82 Å². The van der Waals surface area contributed by atoms with Gasteiger partial charge in [-0.1, -0.05) is 38.1 Å². The van der Waals surface area contributed by atoms with E-state index in [0.717, 1.165) is 25.2 Å². The van der Waals surface area contributed by atoms with Crippen molar-refractivity contribution in [3.63, 3.8) is 0 Å². The lowest BCUT2D eigenvalue weighted by molar-refractivity contribution is 0.586. The summed E-state index contributed by atoms with van der Waals surface area (Å²) in [5.41, 5.74) is 8.55. The highest BCUT2D eigenvalue weighted by molar-refractivity contribution is 5.26.